The molecule has 0 unspecified atom stereocenters. The summed E-state index contributed by atoms with van der Waals surface area (Å²) in [5.41, 5.74) is 3.91. The lowest BCUT2D eigenvalue weighted by atomic mass is 10.0. The van der Waals surface area contributed by atoms with E-state index in [1.165, 1.54) is 0 Å². The Morgan fingerprint density at radius 2 is 1.85 bits per heavy atom. The largest absolute Gasteiger partial charge is 0.480 e. The normalized spacial score (nSPS) is 16.0. The van der Waals surface area contributed by atoms with Crippen molar-refractivity contribution >= 4 is 29.4 Å². The highest BCUT2D eigenvalue weighted by molar-refractivity contribution is 5.85. The summed E-state index contributed by atoms with van der Waals surface area (Å²) >= 11 is 0. The van der Waals surface area contributed by atoms with Crippen molar-refractivity contribution in [2.75, 3.05) is 26.2 Å². The number of carboxylic acids is 1. The van der Waals surface area contributed by atoms with Gasteiger partial charge in [-0.3, -0.25) is 14.6 Å². The zero-order chi connectivity index (χ0) is 17.8. The second kappa shape index (κ2) is 9.26. The van der Waals surface area contributed by atoms with Crippen molar-refractivity contribution < 1.29 is 9.90 Å². The van der Waals surface area contributed by atoms with Gasteiger partial charge in [-0.1, -0.05) is 19.1 Å². The molecule has 1 aliphatic heterocycles. The molecule has 1 aliphatic rings. The van der Waals surface area contributed by atoms with Gasteiger partial charge in [0.05, 0.1) is 29.0 Å². The zero-order valence-corrected chi connectivity index (χ0v) is 16.2. The Labute approximate surface area is 160 Å². The van der Waals surface area contributed by atoms with Crippen molar-refractivity contribution in [1.82, 2.24) is 19.8 Å². The molecule has 0 radical (unpaired) electrons. The quantitative estimate of drug-likeness (QED) is 0.833. The van der Waals surface area contributed by atoms with Crippen LogP contribution < -0.4 is 0 Å². The van der Waals surface area contributed by atoms with Crippen molar-refractivity contribution in [3.05, 3.63) is 35.7 Å². The van der Waals surface area contributed by atoms with Crippen LogP contribution in [0, 0.1) is 6.92 Å². The smallest absolute Gasteiger partial charge is 0.317 e. The minimum absolute atomic E-state index is 0. The summed E-state index contributed by atoms with van der Waals surface area (Å²) in [6.07, 6.45) is 2.00. The molecule has 2 heterocycles. The van der Waals surface area contributed by atoms with E-state index >= 15 is 0 Å². The fourth-order valence-electron chi connectivity index (χ4n) is 3.60. The molecule has 26 heavy (non-hydrogen) atoms. The van der Waals surface area contributed by atoms with Gasteiger partial charge in [-0.25, -0.2) is 9.97 Å². The van der Waals surface area contributed by atoms with Gasteiger partial charge in [-0.2, -0.15) is 0 Å². The Balaban J connectivity index is 0.00000243. The molecule has 3 rings (SSSR count). The number of carbonyl (C=O) groups is 1. The monoisotopic (exact) mass is 378 g/mol. The van der Waals surface area contributed by atoms with Gasteiger partial charge >= 0.3 is 5.97 Å². The first-order chi connectivity index (χ1) is 12.1. The second-order valence-corrected chi connectivity index (χ2v) is 6.71. The van der Waals surface area contributed by atoms with Crippen LogP contribution in [0.1, 0.15) is 31.2 Å². The first-order valence-corrected chi connectivity index (χ1v) is 8.97. The van der Waals surface area contributed by atoms with Crippen LogP contribution in [0.3, 0.4) is 0 Å². The Morgan fingerprint density at radius 1 is 1.23 bits per heavy atom. The lowest BCUT2D eigenvalue weighted by Crippen LogP contribution is -2.46. The Bertz CT molecular complexity index is 747. The van der Waals surface area contributed by atoms with Crippen molar-refractivity contribution in [3.8, 4) is 0 Å². The third kappa shape index (κ3) is 4.90. The van der Waals surface area contributed by atoms with Crippen LogP contribution >= 0.6 is 12.4 Å². The van der Waals surface area contributed by atoms with E-state index in [0.29, 0.717) is 6.04 Å². The fourth-order valence-corrected chi connectivity index (χ4v) is 3.60. The summed E-state index contributed by atoms with van der Waals surface area (Å²) in [7, 11) is 0. The average Bonchev–Trinajstić information content (AvgIpc) is 2.61. The van der Waals surface area contributed by atoms with Crippen LogP contribution in [-0.2, 0) is 11.3 Å². The van der Waals surface area contributed by atoms with Gasteiger partial charge in [-0.05, 0) is 38.4 Å². The number of carboxylic acid groups (broad SMARTS) is 1. The lowest BCUT2D eigenvalue weighted by molar-refractivity contribution is -0.139. The minimum atomic E-state index is -0.744. The predicted molar refractivity (Wildman–Crippen MR) is 105 cm³/mol. The summed E-state index contributed by atoms with van der Waals surface area (Å²) in [5, 5.41) is 9.04. The Kier molecular flexibility index (Phi) is 7.32. The fraction of sp³-hybridized carbons (Fsp3) is 0.526. The maximum atomic E-state index is 11.0. The summed E-state index contributed by atoms with van der Waals surface area (Å²) in [6, 6.07) is 8.33. The number of fused-ring (bicyclic) bond motifs is 1. The standard InChI is InChI=1S/C19H26N4O2.ClH/c1-3-23(13-19(24)25)15-8-10-22(11-9-15)12-18-14(2)20-16-6-4-5-7-17(16)21-18;/h4-7,15H,3,8-13H2,1-2H3,(H,24,25);1H. The van der Waals surface area contributed by atoms with Crippen LogP contribution in [0.2, 0.25) is 0 Å². The van der Waals surface area contributed by atoms with Gasteiger partial charge in [0.1, 0.15) is 0 Å². The van der Waals surface area contributed by atoms with Gasteiger partial charge in [-0.15, -0.1) is 12.4 Å². The van der Waals surface area contributed by atoms with E-state index in [9.17, 15) is 4.79 Å². The molecule has 0 spiro atoms. The van der Waals surface area contributed by atoms with Crippen molar-refractivity contribution in [3.63, 3.8) is 0 Å². The van der Waals surface area contributed by atoms with Crippen LogP contribution in [0.4, 0.5) is 0 Å². The SMILES string of the molecule is CCN(CC(=O)O)C1CCN(Cc2nc3ccccc3nc2C)CC1.Cl. The maximum Gasteiger partial charge on any atom is 0.317 e. The molecule has 1 N–H and O–H groups in total. The van der Waals surface area contributed by atoms with E-state index in [2.05, 4.69) is 14.8 Å². The van der Waals surface area contributed by atoms with E-state index in [1.54, 1.807) is 0 Å². The van der Waals surface area contributed by atoms with Crippen LogP contribution in [-0.4, -0.2) is 63.1 Å². The molecule has 1 aromatic carbocycles. The Morgan fingerprint density at radius 3 is 2.42 bits per heavy atom. The van der Waals surface area contributed by atoms with E-state index < -0.39 is 5.97 Å². The van der Waals surface area contributed by atoms with Crippen molar-refractivity contribution in [1.29, 1.82) is 0 Å². The molecular formula is C19H27ClN4O2. The number of likely N-dealkylation sites (N-methyl/N-ethyl adjacent to an activating group) is 1. The van der Waals surface area contributed by atoms with E-state index in [4.69, 9.17) is 10.1 Å². The highest BCUT2D eigenvalue weighted by Gasteiger charge is 2.25. The topological polar surface area (TPSA) is 69.6 Å². The van der Waals surface area contributed by atoms with Gasteiger partial charge in [0.25, 0.3) is 0 Å². The first kappa shape index (κ1) is 20.6. The van der Waals surface area contributed by atoms with Crippen molar-refractivity contribution in [2.24, 2.45) is 0 Å². The number of hydrogen-bond donors (Lipinski definition) is 1. The highest BCUT2D eigenvalue weighted by atomic mass is 35.5. The molecule has 142 valence electrons. The molecule has 0 aliphatic carbocycles. The summed E-state index contributed by atoms with van der Waals surface area (Å²) in [5.74, 6) is -0.744. The number of hydrogen-bond acceptors (Lipinski definition) is 5. The number of benzene rings is 1. The molecule has 1 fully saturated rings. The zero-order valence-electron chi connectivity index (χ0n) is 15.4. The number of para-hydroxylation sites is 2. The van der Waals surface area contributed by atoms with E-state index in [1.807, 2.05) is 38.1 Å². The number of aryl methyl sites for hydroxylation is 1. The summed E-state index contributed by atoms with van der Waals surface area (Å²) in [4.78, 5) is 24.9. The third-order valence-corrected chi connectivity index (χ3v) is 5.03. The molecule has 7 heteroatoms. The minimum Gasteiger partial charge on any atom is -0.480 e. The van der Waals surface area contributed by atoms with Crippen LogP contribution in [0.15, 0.2) is 24.3 Å². The van der Waals surface area contributed by atoms with Gasteiger partial charge in [0.2, 0.25) is 0 Å². The summed E-state index contributed by atoms with van der Waals surface area (Å²) in [6.45, 7) is 7.71. The number of rotatable bonds is 6. The average molecular weight is 379 g/mol. The maximum absolute atomic E-state index is 11.0. The predicted octanol–water partition coefficient (Wildman–Crippen LogP) is 2.73. The molecule has 1 saturated heterocycles. The molecule has 0 atom stereocenters. The number of halogens is 1. The van der Waals surface area contributed by atoms with Gasteiger partial charge < -0.3 is 5.11 Å². The second-order valence-electron chi connectivity index (χ2n) is 6.71. The van der Waals surface area contributed by atoms with E-state index in [-0.39, 0.29) is 19.0 Å². The highest BCUT2D eigenvalue weighted by Crippen LogP contribution is 2.20. The van der Waals surface area contributed by atoms with Gasteiger partial charge in [0, 0.05) is 25.7 Å². The molecular weight excluding hydrogens is 352 g/mol. The van der Waals surface area contributed by atoms with E-state index in [0.717, 1.165) is 61.4 Å². The number of aliphatic carboxylic acids is 1. The van der Waals surface area contributed by atoms with Crippen LogP contribution in [0.25, 0.3) is 11.0 Å². The molecule has 0 saturated carbocycles. The first-order valence-electron chi connectivity index (χ1n) is 8.97. The molecule has 2 aromatic rings. The molecule has 0 bridgehead atoms. The molecule has 0 amide bonds. The van der Waals surface area contributed by atoms with Crippen molar-refractivity contribution in [2.45, 2.75) is 39.3 Å². The number of piperidine rings is 1. The molecule has 1 aromatic heterocycles. The third-order valence-electron chi connectivity index (χ3n) is 5.03. The number of likely N-dealkylation sites (tertiary alicyclic amines) is 1. The van der Waals surface area contributed by atoms with Crippen LogP contribution in [0.5, 0.6) is 0 Å². The number of aromatic nitrogens is 2. The Hall–Kier alpha value is -1.76. The number of nitrogens with zero attached hydrogens (tertiary/aromatic N) is 4. The van der Waals surface area contributed by atoms with Gasteiger partial charge in [0.15, 0.2) is 0 Å². The summed E-state index contributed by atoms with van der Waals surface area (Å²) < 4.78 is 0. The molecule has 6 nitrogen and oxygen atoms in total. The lowest BCUT2D eigenvalue weighted by Gasteiger charge is -2.37.